The van der Waals surface area contributed by atoms with Gasteiger partial charge in [-0.2, -0.15) is 0 Å². The van der Waals surface area contributed by atoms with E-state index in [0.717, 1.165) is 18.5 Å². The highest BCUT2D eigenvalue weighted by molar-refractivity contribution is 5.19. The van der Waals surface area contributed by atoms with Crippen LogP contribution in [0.2, 0.25) is 0 Å². The van der Waals surface area contributed by atoms with Crippen molar-refractivity contribution in [1.82, 2.24) is 9.55 Å². The predicted molar refractivity (Wildman–Crippen MR) is 76.4 cm³/mol. The molecule has 0 saturated heterocycles. The summed E-state index contributed by atoms with van der Waals surface area (Å²) in [5, 5.41) is 10.1. The average molecular weight is 288 g/mol. The summed E-state index contributed by atoms with van der Waals surface area (Å²) in [5.41, 5.74) is 0.803. The van der Waals surface area contributed by atoms with Gasteiger partial charge in [-0.25, -0.2) is 9.37 Å². The molecule has 5 heteroatoms. The van der Waals surface area contributed by atoms with Gasteiger partial charge in [0.1, 0.15) is 5.82 Å². The van der Waals surface area contributed by atoms with Gasteiger partial charge in [-0.3, -0.25) is 9.36 Å². The number of benzene rings is 1. The van der Waals surface area contributed by atoms with Gasteiger partial charge in [-0.1, -0.05) is 24.6 Å². The molecular formula is C16H17FN2O2. The van der Waals surface area contributed by atoms with Crippen molar-refractivity contribution in [3.63, 3.8) is 0 Å². The second kappa shape index (κ2) is 5.77. The van der Waals surface area contributed by atoms with Crippen molar-refractivity contribution in [2.45, 2.75) is 37.8 Å². The Hall–Kier alpha value is -2.01. The van der Waals surface area contributed by atoms with Gasteiger partial charge in [0, 0.05) is 17.5 Å². The smallest absolute Gasteiger partial charge is 0.253 e. The number of aliphatic hydroxyl groups is 1. The lowest BCUT2D eigenvalue weighted by molar-refractivity contribution is 0.150. The Kier molecular flexibility index (Phi) is 3.84. The Balaban J connectivity index is 1.78. The van der Waals surface area contributed by atoms with Crippen LogP contribution in [0.15, 0.2) is 41.5 Å². The molecule has 1 aromatic carbocycles. The molecule has 110 valence electrons. The fourth-order valence-corrected chi connectivity index (χ4v) is 2.53. The van der Waals surface area contributed by atoms with Gasteiger partial charge in [0.25, 0.3) is 5.56 Å². The molecule has 2 aromatic rings. The van der Waals surface area contributed by atoms with E-state index in [-0.39, 0.29) is 17.7 Å². The number of nitrogens with zero attached hydrogens (tertiary/aromatic N) is 2. The molecule has 1 fully saturated rings. The molecule has 1 saturated carbocycles. The topological polar surface area (TPSA) is 55.1 Å². The van der Waals surface area contributed by atoms with Crippen molar-refractivity contribution in [3.05, 3.63) is 64.1 Å². The summed E-state index contributed by atoms with van der Waals surface area (Å²) in [4.78, 5) is 16.3. The minimum Gasteiger partial charge on any atom is -0.386 e. The van der Waals surface area contributed by atoms with E-state index in [2.05, 4.69) is 4.98 Å². The van der Waals surface area contributed by atoms with Gasteiger partial charge in [0.15, 0.2) is 0 Å². The molecule has 3 rings (SSSR count). The summed E-state index contributed by atoms with van der Waals surface area (Å²) in [6, 6.07) is 7.55. The van der Waals surface area contributed by atoms with E-state index >= 15 is 0 Å². The third-order valence-electron chi connectivity index (χ3n) is 4.06. The minimum atomic E-state index is -1.07. The van der Waals surface area contributed by atoms with Crippen LogP contribution in [-0.4, -0.2) is 14.7 Å². The summed E-state index contributed by atoms with van der Waals surface area (Å²) in [5.74, 6) is -0.0825. The van der Waals surface area contributed by atoms with Gasteiger partial charge in [-0.05, 0) is 18.9 Å². The molecule has 1 unspecified atom stereocenters. The number of hydrogen-bond donors (Lipinski definition) is 1. The molecule has 1 atom stereocenters. The zero-order chi connectivity index (χ0) is 14.8. The van der Waals surface area contributed by atoms with Gasteiger partial charge >= 0.3 is 0 Å². The Labute approximate surface area is 121 Å². The number of hydrogen-bond acceptors (Lipinski definition) is 3. The molecule has 0 bridgehead atoms. The molecule has 1 N–H and O–H groups in total. The van der Waals surface area contributed by atoms with Crippen LogP contribution in [0, 0.1) is 5.82 Å². The maximum absolute atomic E-state index is 13.6. The second-order valence-electron chi connectivity index (χ2n) is 5.47. The van der Waals surface area contributed by atoms with E-state index in [1.807, 2.05) is 0 Å². The molecule has 0 radical (unpaired) electrons. The van der Waals surface area contributed by atoms with Crippen LogP contribution in [0.4, 0.5) is 4.39 Å². The monoisotopic (exact) mass is 288 g/mol. The standard InChI is InChI=1S/C16H17FN2O2/c17-13-7-2-1-6-12(13)15(20)9-19-10-18-14(8-16(19)21)11-4-3-5-11/h1-2,6-8,10-11,15,20H,3-5,9H2. The van der Waals surface area contributed by atoms with Gasteiger partial charge in [0.2, 0.25) is 0 Å². The lowest BCUT2D eigenvalue weighted by atomic mass is 9.83. The SMILES string of the molecule is O=c1cc(C2CCC2)ncn1CC(O)c1ccccc1F. The zero-order valence-electron chi connectivity index (χ0n) is 11.6. The van der Waals surface area contributed by atoms with Gasteiger partial charge in [0.05, 0.1) is 24.7 Å². The van der Waals surface area contributed by atoms with Crippen LogP contribution in [0.3, 0.4) is 0 Å². The minimum absolute atomic E-state index is 0.00227. The average Bonchev–Trinajstić information content (AvgIpc) is 2.40. The third-order valence-corrected chi connectivity index (χ3v) is 4.06. The quantitative estimate of drug-likeness (QED) is 0.939. The third kappa shape index (κ3) is 2.88. The first-order chi connectivity index (χ1) is 10.1. The summed E-state index contributed by atoms with van der Waals surface area (Å²) in [7, 11) is 0. The number of aliphatic hydroxyl groups excluding tert-OH is 1. The predicted octanol–water partition coefficient (Wildman–Crippen LogP) is 2.38. The largest absolute Gasteiger partial charge is 0.386 e. The van der Waals surface area contributed by atoms with E-state index in [9.17, 15) is 14.3 Å². The van der Waals surface area contributed by atoms with Crippen LogP contribution >= 0.6 is 0 Å². The van der Waals surface area contributed by atoms with Crippen molar-refractivity contribution in [3.8, 4) is 0 Å². The van der Waals surface area contributed by atoms with Crippen LogP contribution in [0.25, 0.3) is 0 Å². The van der Waals surface area contributed by atoms with E-state index in [0.29, 0.717) is 5.92 Å². The van der Waals surface area contributed by atoms with Crippen molar-refractivity contribution in [2.24, 2.45) is 0 Å². The first-order valence-electron chi connectivity index (χ1n) is 7.14. The fraction of sp³-hybridized carbons (Fsp3) is 0.375. The molecule has 0 aliphatic heterocycles. The number of rotatable bonds is 4. The van der Waals surface area contributed by atoms with Crippen molar-refractivity contribution in [2.75, 3.05) is 0 Å². The molecular weight excluding hydrogens is 271 g/mol. The second-order valence-corrected chi connectivity index (χ2v) is 5.47. The van der Waals surface area contributed by atoms with Crippen LogP contribution in [0.1, 0.15) is 42.5 Å². The highest BCUT2D eigenvalue weighted by Gasteiger charge is 2.21. The molecule has 0 amide bonds. The van der Waals surface area contributed by atoms with Crippen molar-refractivity contribution in [1.29, 1.82) is 0 Å². The Morgan fingerprint density at radius 1 is 1.38 bits per heavy atom. The summed E-state index contributed by atoms with van der Waals surface area (Å²) in [6.45, 7) is -0.00227. The van der Waals surface area contributed by atoms with Crippen molar-refractivity contribution >= 4 is 0 Å². The highest BCUT2D eigenvalue weighted by Crippen LogP contribution is 2.34. The molecule has 1 heterocycles. The van der Waals surface area contributed by atoms with E-state index in [1.165, 1.54) is 35.5 Å². The molecule has 1 aliphatic rings. The van der Waals surface area contributed by atoms with Gasteiger partial charge in [-0.15, -0.1) is 0 Å². The maximum atomic E-state index is 13.6. The Morgan fingerprint density at radius 3 is 2.76 bits per heavy atom. The number of aromatic nitrogens is 2. The fourth-order valence-electron chi connectivity index (χ4n) is 2.53. The summed E-state index contributed by atoms with van der Waals surface area (Å²) >= 11 is 0. The van der Waals surface area contributed by atoms with E-state index in [4.69, 9.17) is 0 Å². The molecule has 4 nitrogen and oxygen atoms in total. The molecule has 1 aromatic heterocycles. The van der Waals surface area contributed by atoms with E-state index < -0.39 is 11.9 Å². The lowest BCUT2D eigenvalue weighted by Crippen LogP contribution is -2.25. The highest BCUT2D eigenvalue weighted by atomic mass is 19.1. The lowest BCUT2D eigenvalue weighted by Gasteiger charge is -2.24. The number of halogens is 1. The maximum Gasteiger partial charge on any atom is 0.253 e. The Morgan fingerprint density at radius 2 is 2.14 bits per heavy atom. The van der Waals surface area contributed by atoms with E-state index in [1.54, 1.807) is 12.1 Å². The molecule has 1 aliphatic carbocycles. The molecule has 0 spiro atoms. The summed E-state index contributed by atoms with van der Waals surface area (Å²) < 4.78 is 14.9. The van der Waals surface area contributed by atoms with Gasteiger partial charge < -0.3 is 5.11 Å². The normalized spacial score (nSPS) is 16.5. The first-order valence-corrected chi connectivity index (χ1v) is 7.14. The van der Waals surface area contributed by atoms with Crippen LogP contribution in [-0.2, 0) is 6.54 Å². The zero-order valence-corrected chi connectivity index (χ0v) is 11.6. The van der Waals surface area contributed by atoms with Crippen molar-refractivity contribution < 1.29 is 9.50 Å². The Bertz CT molecular complexity index is 695. The molecule has 21 heavy (non-hydrogen) atoms. The van der Waals surface area contributed by atoms with Crippen LogP contribution < -0.4 is 5.56 Å². The van der Waals surface area contributed by atoms with Crippen LogP contribution in [0.5, 0.6) is 0 Å². The first kappa shape index (κ1) is 13.9. The summed E-state index contributed by atoms with van der Waals surface area (Å²) in [6.07, 6.45) is 3.71.